The van der Waals surface area contributed by atoms with Crippen LogP contribution < -0.4 is 15.6 Å². The van der Waals surface area contributed by atoms with Gasteiger partial charge in [0.25, 0.3) is 0 Å². The number of hydrogen-bond donors (Lipinski definition) is 3. The first-order chi connectivity index (χ1) is 11.2. The molecule has 154 valence electrons. The zero-order chi connectivity index (χ0) is 21.6. The third-order valence-corrected chi connectivity index (χ3v) is 0.901. The van der Waals surface area contributed by atoms with E-state index in [9.17, 15) is 0 Å². The zero-order valence-corrected chi connectivity index (χ0v) is 19.6. The molecule has 0 amide bonds. The van der Waals surface area contributed by atoms with Gasteiger partial charge < -0.3 is 25.8 Å². The zero-order valence-electron chi connectivity index (χ0n) is 19.6. The molecular weight excluding hydrogens is 314 g/mol. The maximum absolute atomic E-state index is 6.50. The fourth-order valence-electron chi connectivity index (χ4n) is 0.575. The van der Waals surface area contributed by atoms with Crippen LogP contribution in [-0.4, -0.2) is 90.1 Å². The van der Waals surface area contributed by atoms with Gasteiger partial charge in [0.05, 0.1) is 42.3 Å². The van der Waals surface area contributed by atoms with E-state index in [1.165, 1.54) is 7.05 Å². The lowest BCUT2D eigenvalue weighted by Gasteiger charge is -2.14. The summed E-state index contributed by atoms with van der Waals surface area (Å²) >= 11 is 0. The van der Waals surface area contributed by atoms with Gasteiger partial charge in [-0.2, -0.15) is 0 Å². The Kier molecular flexibility index (Phi) is 34.9. The highest BCUT2D eigenvalue weighted by Gasteiger charge is 1.88. The predicted octanol–water partition coefficient (Wildman–Crippen LogP) is 0.806. The third kappa shape index (κ3) is 164. The van der Waals surface area contributed by atoms with Crippen molar-refractivity contribution < 1.29 is 9.05 Å². The molecular formula is C18H49N7+2. The number of aryl methyl sites for hydroxylation is 2. The van der Waals surface area contributed by atoms with Gasteiger partial charge in [-0.15, -0.1) is 0 Å². The van der Waals surface area contributed by atoms with Gasteiger partial charge in [0.1, 0.15) is 12.4 Å². The minimum atomic E-state index is 0.667. The van der Waals surface area contributed by atoms with Crippen LogP contribution in [0, 0.1) is 5.41 Å². The number of nitrogens with two attached hydrogens (primary N) is 1. The van der Waals surface area contributed by atoms with Crippen molar-refractivity contribution in [2.75, 3.05) is 70.5 Å². The fourth-order valence-corrected chi connectivity index (χ4v) is 0.575. The molecule has 7 heteroatoms. The summed E-state index contributed by atoms with van der Waals surface area (Å²) < 4.78 is 5.00. The molecule has 1 aromatic heterocycles. The number of quaternary nitrogens is 1. The van der Waals surface area contributed by atoms with Crippen molar-refractivity contribution in [2.24, 2.45) is 19.8 Å². The average molecular weight is 364 g/mol. The van der Waals surface area contributed by atoms with Crippen LogP contribution in [0.15, 0.2) is 18.7 Å². The maximum Gasteiger partial charge on any atom is 0.243 e. The van der Waals surface area contributed by atoms with E-state index in [4.69, 9.17) is 5.41 Å². The van der Waals surface area contributed by atoms with E-state index in [0.29, 0.717) is 5.71 Å². The maximum atomic E-state index is 6.50. The normalized spacial score (nSPS) is 8.48. The Bertz CT molecular complexity index is 323. The predicted molar refractivity (Wildman–Crippen MR) is 114 cm³/mol. The van der Waals surface area contributed by atoms with E-state index in [0.717, 1.165) is 4.48 Å². The number of imidazole rings is 1. The van der Waals surface area contributed by atoms with Crippen LogP contribution in [0.3, 0.4) is 0 Å². The van der Waals surface area contributed by atoms with Crippen molar-refractivity contribution in [3.63, 3.8) is 0 Å². The Morgan fingerprint density at radius 1 is 1.08 bits per heavy atom. The van der Waals surface area contributed by atoms with Gasteiger partial charge in [-0.25, -0.2) is 9.13 Å². The first kappa shape index (κ1) is 34.9. The number of hydrogen-bond acceptors (Lipinski definition) is 4. The first-order valence-electron chi connectivity index (χ1n) is 8.22. The molecule has 4 N–H and O–H groups in total. The van der Waals surface area contributed by atoms with Crippen molar-refractivity contribution in [3.05, 3.63) is 18.7 Å². The number of rotatable bonds is 0. The molecule has 0 saturated carbocycles. The summed E-state index contributed by atoms with van der Waals surface area (Å²) in [5.74, 6) is 0. The second kappa shape index (κ2) is 25.0. The molecule has 25 heavy (non-hydrogen) atoms. The highest BCUT2D eigenvalue weighted by molar-refractivity contribution is 5.75. The van der Waals surface area contributed by atoms with Crippen LogP contribution in [0.4, 0.5) is 0 Å². The van der Waals surface area contributed by atoms with Gasteiger partial charge in [-0.05, 0) is 56.1 Å². The summed E-state index contributed by atoms with van der Waals surface area (Å²) in [4.78, 5) is 2.00. The second-order valence-electron chi connectivity index (χ2n) is 7.27. The molecule has 7 nitrogen and oxygen atoms in total. The van der Waals surface area contributed by atoms with E-state index in [2.05, 4.69) is 39.2 Å². The van der Waals surface area contributed by atoms with Crippen molar-refractivity contribution >= 4 is 5.71 Å². The topological polar surface area (TPSA) is 73.9 Å². The molecule has 0 radical (unpaired) electrons. The molecule has 0 atom stereocenters. The molecule has 1 aromatic rings. The molecule has 0 aliphatic carbocycles. The fraction of sp³-hybridized carbons (Fsp3) is 0.778. The van der Waals surface area contributed by atoms with E-state index in [1.54, 1.807) is 13.8 Å². The minimum Gasteiger partial charge on any atom is -0.333 e. The van der Waals surface area contributed by atoms with Gasteiger partial charge in [-0.1, -0.05) is 0 Å². The molecule has 0 bridgehead atoms. The summed E-state index contributed by atoms with van der Waals surface area (Å²) in [5, 5.41) is 9.25. The van der Waals surface area contributed by atoms with Gasteiger partial charge in [0.2, 0.25) is 6.33 Å². The van der Waals surface area contributed by atoms with Gasteiger partial charge in [0, 0.05) is 5.71 Å². The quantitative estimate of drug-likeness (QED) is 0.363. The monoisotopic (exact) mass is 363 g/mol. The summed E-state index contributed by atoms with van der Waals surface area (Å²) in [6.45, 7) is 3.50. The van der Waals surface area contributed by atoms with Crippen LogP contribution in [0.5, 0.6) is 0 Å². The molecule has 1 rings (SSSR count). The lowest BCUT2D eigenvalue weighted by Crippen LogP contribution is -2.27. The molecule has 0 unspecified atom stereocenters. The van der Waals surface area contributed by atoms with Crippen LogP contribution in [0.25, 0.3) is 0 Å². The number of nitrogens with one attached hydrogen (secondary N) is 2. The SMILES string of the molecule is CC(C)=N.CN.CN(C)C.CNC.C[N+](C)(C)C.Cn1cc[n+](C)c1. The van der Waals surface area contributed by atoms with Gasteiger partial charge in [0.15, 0.2) is 0 Å². The van der Waals surface area contributed by atoms with Crippen LogP contribution in [-0.2, 0) is 14.1 Å². The van der Waals surface area contributed by atoms with Gasteiger partial charge >= 0.3 is 0 Å². The third-order valence-electron chi connectivity index (χ3n) is 0.901. The first-order valence-corrected chi connectivity index (χ1v) is 8.22. The van der Waals surface area contributed by atoms with Crippen molar-refractivity contribution in [3.8, 4) is 0 Å². The lowest BCUT2D eigenvalue weighted by atomic mass is 10.5. The summed E-state index contributed by atoms with van der Waals surface area (Å²) in [6, 6.07) is 0. The number of aromatic nitrogens is 2. The van der Waals surface area contributed by atoms with E-state index in [-0.39, 0.29) is 0 Å². The molecule has 0 saturated heterocycles. The highest BCUT2D eigenvalue weighted by atomic mass is 15.2. The lowest BCUT2D eigenvalue weighted by molar-refractivity contribution is -0.849. The summed E-state index contributed by atoms with van der Waals surface area (Å²) in [7, 11) is 23.8. The van der Waals surface area contributed by atoms with Crippen LogP contribution in [0.1, 0.15) is 13.8 Å². The molecule has 0 spiro atoms. The van der Waals surface area contributed by atoms with Crippen LogP contribution in [0.2, 0.25) is 0 Å². The van der Waals surface area contributed by atoms with E-state index < -0.39 is 0 Å². The summed E-state index contributed by atoms with van der Waals surface area (Å²) in [5.41, 5.74) is 5.17. The Balaban J connectivity index is -0.0000000673. The number of nitrogens with zero attached hydrogens (tertiary/aromatic N) is 4. The molecule has 1 heterocycles. The van der Waals surface area contributed by atoms with Crippen molar-refractivity contribution in [1.82, 2.24) is 14.8 Å². The minimum absolute atomic E-state index is 0.667. The smallest absolute Gasteiger partial charge is 0.243 e. The Labute approximate surface area is 158 Å². The Morgan fingerprint density at radius 2 is 1.28 bits per heavy atom. The second-order valence-corrected chi connectivity index (χ2v) is 7.27. The Hall–Kier alpha value is -1.28. The van der Waals surface area contributed by atoms with E-state index >= 15 is 0 Å². The molecule has 0 aliphatic rings. The standard InChI is InChI=1S/C5H9N2.C4H12N.C3H9N.C3H7N.C2H7N.CH5N/c1-6-3-4-7(2)5-6;1-5(2,3)4;1-4(2)3;1-3(2)4;1-3-2;1-2/h3-5H,1-2H3;1-4H3;1-3H3;4H,1-2H3;3H,1-2H3;2H2,1H3/q2*+1;;;;. The van der Waals surface area contributed by atoms with Crippen LogP contribution >= 0.6 is 0 Å². The van der Waals surface area contributed by atoms with Crippen molar-refractivity contribution in [1.29, 1.82) is 5.41 Å². The average Bonchev–Trinajstić information content (AvgIpc) is 2.73. The van der Waals surface area contributed by atoms with Gasteiger partial charge in [-0.3, -0.25) is 0 Å². The van der Waals surface area contributed by atoms with E-state index in [1.807, 2.05) is 82.1 Å². The van der Waals surface area contributed by atoms with Crippen molar-refractivity contribution in [2.45, 2.75) is 13.8 Å². The highest BCUT2D eigenvalue weighted by Crippen LogP contribution is 1.73. The largest absolute Gasteiger partial charge is 0.333 e. The molecule has 0 aromatic carbocycles. The Morgan fingerprint density at radius 3 is 1.32 bits per heavy atom. The summed E-state index contributed by atoms with van der Waals surface area (Å²) in [6.07, 6.45) is 6.00. The molecule has 0 aliphatic heterocycles. The molecule has 0 fully saturated rings.